The molecule has 0 unspecified atom stereocenters. The van der Waals surface area contributed by atoms with Crippen LogP contribution in [0.1, 0.15) is 26.3 Å². The van der Waals surface area contributed by atoms with Crippen molar-refractivity contribution in [2.45, 2.75) is 6.92 Å². The summed E-state index contributed by atoms with van der Waals surface area (Å²) in [6.07, 6.45) is 0.567. The topological polar surface area (TPSA) is 54.4 Å². The predicted octanol–water partition coefficient (Wildman–Crippen LogP) is 2.16. The molecule has 1 aromatic rings. The summed E-state index contributed by atoms with van der Waals surface area (Å²) < 4.78 is 0. The first-order valence-electron chi connectivity index (χ1n) is 3.55. The SMILES string of the molecule is Cc1c(Cl)cc(C=O)cc1C(=O)O. The lowest BCUT2D eigenvalue weighted by Crippen LogP contribution is -2.01. The van der Waals surface area contributed by atoms with Crippen LogP contribution >= 0.6 is 11.6 Å². The smallest absolute Gasteiger partial charge is 0.336 e. The molecule has 4 heteroatoms. The van der Waals surface area contributed by atoms with Crippen LogP contribution in [0.4, 0.5) is 0 Å². The maximum absolute atomic E-state index is 10.7. The van der Waals surface area contributed by atoms with E-state index in [1.165, 1.54) is 12.1 Å². The van der Waals surface area contributed by atoms with Crippen molar-refractivity contribution in [3.05, 3.63) is 33.8 Å². The Morgan fingerprint density at radius 1 is 1.54 bits per heavy atom. The second-order valence-electron chi connectivity index (χ2n) is 2.60. The Balaban J connectivity index is 3.41. The summed E-state index contributed by atoms with van der Waals surface area (Å²) in [5, 5.41) is 9.03. The predicted molar refractivity (Wildman–Crippen MR) is 48.5 cm³/mol. The van der Waals surface area contributed by atoms with Crippen molar-refractivity contribution in [2.75, 3.05) is 0 Å². The van der Waals surface area contributed by atoms with Gasteiger partial charge in [-0.2, -0.15) is 0 Å². The van der Waals surface area contributed by atoms with Crippen molar-refractivity contribution < 1.29 is 14.7 Å². The molecule has 0 aromatic heterocycles. The highest BCUT2D eigenvalue weighted by Gasteiger charge is 2.11. The van der Waals surface area contributed by atoms with E-state index in [9.17, 15) is 9.59 Å². The molecule has 0 atom stereocenters. The minimum Gasteiger partial charge on any atom is -0.478 e. The molecule has 1 aromatic carbocycles. The summed E-state index contributed by atoms with van der Waals surface area (Å²) in [5.74, 6) is -1.08. The number of halogens is 1. The Kier molecular flexibility index (Phi) is 2.68. The van der Waals surface area contributed by atoms with E-state index in [0.29, 0.717) is 16.9 Å². The number of carbonyl (C=O) groups is 2. The molecule has 0 radical (unpaired) electrons. The molecule has 1 N–H and O–H groups in total. The molecule has 0 amide bonds. The summed E-state index contributed by atoms with van der Waals surface area (Å²) in [6, 6.07) is 2.74. The van der Waals surface area contributed by atoms with Crippen LogP contribution in [0.15, 0.2) is 12.1 Å². The zero-order valence-electron chi connectivity index (χ0n) is 6.87. The minimum absolute atomic E-state index is 0.0644. The highest BCUT2D eigenvalue weighted by atomic mass is 35.5. The maximum atomic E-state index is 10.7. The van der Waals surface area contributed by atoms with Gasteiger partial charge in [0.15, 0.2) is 0 Å². The Morgan fingerprint density at radius 2 is 2.15 bits per heavy atom. The normalized spacial score (nSPS) is 9.69. The summed E-state index contributed by atoms with van der Waals surface area (Å²) in [7, 11) is 0. The van der Waals surface area contributed by atoms with Gasteiger partial charge in [-0.25, -0.2) is 4.79 Å². The van der Waals surface area contributed by atoms with Crippen LogP contribution in [0.25, 0.3) is 0 Å². The van der Waals surface area contributed by atoms with Crippen LogP contribution in [0, 0.1) is 6.92 Å². The lowest BCUT2D eigenvalue weighted by molar-refractivity contribution is 0.0696. The molecule has 68 valence electrons. The number of hydrogen-bond acceptors (Lipinski definition) is 2. The Bertz CT molecular complexity index is 371. The lowest BCUT2D eigenvalue weighted by Gasteiger charge is -2.03. The summed E-state index contributed by atoms with van der Waals surface area (Å²) in [6.45, 7) is 1.60. The van der Waals surface area contributed by atoms with Gasteiger partial charge in [-0.05, 0) is 24.6 Å². The van der Waals surface area contributed by atoms with E-state index in [4.69, 9.17) is 16.7 Å². The molecular weight excluding hydrogens is 192 g/mol. The average molecular weight is 199 g/mol. The number of carboxylic acids is 1. The van der Waals surface area contributed by atoms with E-state index < -0.39 is 5.97 Å². The van der Waals surface area contributed by atoms with E-state index in [1.807, 2.05) is 0 Å². The molecule has 0 aliphatic carbocycles. The van der Waals surface area contributed by atoms with Crippen LogP contribution in [-0.4, -0.2) is 17.4 Å². The first-order valence-corrected chi connectivity index (χ1v) is 3.92. The van der Waals surface area contributed by atoms with Crippen LogP contribution in [0.3, 0.4) is 0 Å². The lowest BCUT2D eigenvalue weighted by atomic mass is 10.1. The van der Waals surface area contributed by atoms with Gasteiger partial charge in [0, 0.05) is 10.6 Å². The molecule has 0 saturated carbocycles. The van der Waals surface area contributed by atoms with Crippen LogP contribution in [0.2, 0.25) is 5.02 Å². The largest absolute Gasteiger partial charge is 0.478 e. The van der Waals surface area contributed by atoms with Gasteiger partial charge in [-0.15, -0.1) is 0 Å². The summed E-state index contributed by atoms with van der Waals surface area (Å²) in [4.78, 5) is 21.1. The van der Waals surface area contributed by atoms with Crippen molar-refractivity contribution in [3.8, 4) is 0 Å². The molecule has 0 heterocycles. The molecule has 3 nitrogen and oxygen atoms in total. The standard InChI is InChI=1S/C9H7ClO3/c1-5-7(9(12)13)2-6(4-11)3-8(5)10/h2-4H,1H3,(H,12,13). The highest BCUT2D eigenvalue weighted by molar-refractivity contribution is 6.32. The number of carbonyl (C=O) groups excluding carboxylic acids is 1. The van der Waals surface area contributed by atoms with Gasteiger partial charge in [-0.1, -0.05) is 11.6 Å². The number of aromatic carboxylic acids is 1. The second kappa shape index (κ2) is 3.58. The zero-order chi connectivity index (χ0) is 10.0. The third-order valence-electron chi connectivity index (χ3n) is 1.73. The Morgan fingerprint density at radius 3 is 2.62 bits per heavy atom. The number of rotatable bonds is 2. The number of carboxylic acid groups (broad SMARTS) is 1. The number of hydrogen-bond donors (Lipinski definition) is 1. The fraction of sp³-hybridized carbons (Fsp3) is 0.111. The van der Waals surface area contributed by atoms with E-state index in [0.717, 1.165) is 0 Å². The van der Waals surface area contributed by atoms with E-state index in [-0.39, 0.29) is 11.1 Å². The van der Waals surface area contributed by atoms with E-state index in [1.54, 1.807) is 6.92 Å². The molecule has 0 aliphatic heterocycles. The fourth-order valence-corrected chi connectivity index (χ4v) is 1.22. The van der Waals surface area contributed by atoms with Crippen LogP contribution in [0.5, 0.6) is 0 Å². The van der Waals surface area contributed by atoms with Gasteiger partial charge in [0.05, 0.1) is 5.56 Å². The molecule has 1 rings (SSSR count). The van der Waals surface area contributed by atoms with Gasteiger partial charge in [0.1, 0.15) is 6.29 Å². The summed E-state index contributed by atoms with van der Waals surface area (Å²) in [5.41, 5.74) is 0.808. The molecule has 0 saturated heterocycles. The van der Waals surface area contributed by atoms with Gasteiger partial charge >= 0.3 is 5.97 Å². The molecule has 0 fully saturated rings. The highest BCUT2D eigenvalue weighted by Crippen LogP contribution is 2.20. The molecular formula is C9H7ClO3. The first kappa shape index (κ1) is 9.74. The minimum atomic E-state index is -1.08. The van der Waals surface area contributed by atoms with Crippen LogP contribution in [-0.2, 0) is 0 Å². The van der Waals surface area contributed by atoms with Crippen molar-refractivity contribution in [1.82, 2.24) is 0 Å². The van der Waals surface area contributed by atoms with Crippen molar-refractivity contribution >= 4 is 23.9 Å². The van der Waals surface area contributed by atoms with Crippen molar-refractivity contribution in [2.24, 2.45) is 0 Å². The maximum Gasteiger partial charge on any atom is 0.336 e. The van der Waals surface area contributed by atoms with Crippen molar-refractivity contribution in [3.63, 3.8) is 0 Å². The molecule has 0 aliphatic rings. The van der Waals surface area contributed by atoms with Gasteiger partial charge in [0.25, 0.3) is 0 Å². The number of benzene rings is 1. The Labute approximate surface area is 79.9 Å². The first-order chi connectivity index (χ1) is 6.06. The fourth-order valence-electron chi connectivity index (χ4n) is 0.990. The molecule has 0 spiro atoms. The monoisotopic (exact) mass is 198 g/mol. The van der Waals surface area contributed by atoms with Crippen LogP contribution < -0.4 is 0 Å². The second-order valence-corrected chi connectivity index (χ2v) is 3.01. The number of aldehydes is 1. The van der Waals surface area contributed by atoms with Gasteiger partial charge in [-0.3, -0.25) is 4.79 Å². The van der Waals surface area contributed by atoms with Gasteiger partial charge < -0.3 is 5.11 Å². The zero-order valence-corrected chi connectivity index (χ0v) is 7.63. The van der Waals surface area contributed by atoms with Crippen molar-refractivity contribution in [1.29, 1.82) is 0 Å². The third kappa shape index (κ3) is 1.87. The Hall–Kier alpha value is -1.35. The average Bonchev–Trinajstić information content (AvgIpc) is 2.09. The quantitative estimate of drug-likeness (QED) is 0.741. The van der Waals surface area contributed by atoms with Gasteiger partial charge in [0.2, 0.25) is 0 Å². The van der Waals surface area contributed by atoms with E-state index in [2.05, 4.69) is 0 Å². The molecule has 13 heavy (non-hydrogen) atoms. The van der Waals surface area contributed by atoms with E-state index >= 15 is 0 Å². The summed E-state index contributed by atoms with van der Waals surface area (Å²) >= 11 is 5.72. The molecule has 0 bridgehead atoms. The third-order valence-corrected chi connectivity index (χ3v) is 2.13.